The number of fused-ring (bicyclic) bond motifs is 1. The van der Waals surface area contributed by atoms with Crippen LogP contribution in [-0.4, -0.2) is 23.6 Å². The van der Waals surface area contributed by atoms with Crippen LogP contribution in [0.15, 0.2) is 57.9 Å². The first-order chi connectivity index (χ1) is 10.9. The molecular formula is C17H15BrN2O2S. The van der Waals surface area contributed by atoms with Crippen LogP contribution in [0, 0.1) is 0 Å². The van der Waals surface area contributed by atoms with Gasteiger partial charge < -0.3 is 10.2 Å². The number of hydrogen-bond donors (Lipinski definition) is 1. The Kier molecular flexibility index (Phi) is 4.21. The van der Waals surface area contributed by atoms with Crippen molar-refractivity contribution in [3.63, 3.8) is 0 Å². The first-order valence-electron chi connectivity index (χ1n) is 7.05. The minimum atomic E-state index is -1.20. The molecule has 118 valence electrons. The lowest BCUT2D eigenvalue weighted by atomic mass is 10.1. The summed E-state index contributed by atoms with van der Waals surface area (Å²) < 4.78 is -0.269. The molecular weight excluding hydrogens is 376 g/mol. The van der Waals surface area contributed by atoms with Crippen molar-refractivity contribution in [3.05, 3.63) is 53.0 Å². The smallest absolute Gasteiger partial charge is 0.252 e. The van der Waals surface area contributed by atoms with Gasteiger partial charge in [-0.3, -0.25) is 9.59 Å². The molecule has 2 aromatic carbocycles. The van der Waals surface area contributed by atoms with Crippen LogP contribution in [0.2, 0.25) is 0 Å². The Labute approximate surface area is 147 Å². The fourth-order valence-electron chi connectivity index (χ4n) is 2.44. The summed E-state index contributed by atoms with van der Waals surface area (Å²) in [7, 11) is 1.70. The third-order valence-corrected chi connectivity index (χ3v) is 5.65. The van der Waals surface area contributed by atoms with Crippen LogP contribution in [-0.2, 0) is 9.59 Å². The predicted octanol–water partition coefficient (Wildman–Crippen LogP) is 3.92. The topological polar surface area (TPSA) is 49.4 Å². The average Bonchev–Trinajstić information content (AvgIpc) is 2.55. The number of benzene rings is 2. The van der Waals surface area contributed by atoms with E-state index in [4.69, 9.17) is 0 Å². The van der Waals surface area contributed by atoms with Gasteiger partial charge in [-0.15, -0.1) is 0 Å². The highest BCUT2D eigenvalue weighted by Crippen LogP contribution is 2.45. The SMILES string of the molecule is CN1C(=O)C(C)(C(=O)Nc2ccc(Br)cc2)Sc2ccccc21. The number of carbonyl (C=O) groups is 2. The highest BCUT2D eigenvalue weighted by Gasteiger charge is 2.48. The molecule has 1 atom stereocenters. The Hall–Kier alpha value is -1.79. The molecule has 0 saturated heterocycles. The van der Waals surface area contributed by atoms with Crippen LogP contribution in [0.4, 0.5) is 11.4 Å². The summed E-state index contributed by atoms with van der Waals surface area (Å²) >= 11 is 4.65. The minimum absolute atomic E-state index is 0.226. The lowest BCUT2D eigenvalue weighted by Gasteiger charge is -2.36. The molecule has 2 amide bonds. The number of nitrogens with zero attached hydrogens (tertiary/aromatic N) is 1. The third kappa shape index (κ3) is 2.88. The molecule has 0 fully saturated rings. The highest BCUT2D eigenvalue weighted by atomic mass is 79.9. The van der Waals surface area contributed by atoms with Gasteiger partial charge in [0.2, 0.25) is 5.91 Å². The molecule has 0 aromatic heterocycles. The molecule has 0 bridgehead atoms. The fourth-order valence-corrected chi connectivity index (χ4v) is 3.97. The lowest BCUT2D eigenvalue weighted by Crippen LogP contribution is -2.53. The highest BCUT2D eigenvalue weighted by molar-refractivity contribution is 9.10. The van der Waals surface area contributed by atoms with Gasteiger partial charge in [-0.25, -0.2) is 0 Å². The molecule has 0 aliphatic carbocycles. The van der Waals surface area contributed by atoms with Gasteiger partial charge in [0.15, 0.2) is 4.75 Å². The molecule has 3 rings (SSSR count). The van der Waals surface area contributed by atoms with E-state index in [-0.39, 0.29) is 11.8 Å². The number of halogens is 1. The van der Waals surface area contributed by atoms with Gasteiger partial charge in [-0.2, -0.15) is 0 Å². The monoisotopic (exact) mass is 390 g/mol. The maximum absolute atomic E-state index is 12.7. The fraction of sp³-hybridized carbons (Fsp3) is 0.176. The second-order valence-electron chi connectivity index (χ2n) is 5.43. The summed E-state index contributed by atoms with van der Waals surface area (Å²) in [6.07, 6.45) is 0. The number of rotatable bonds is 2. The minimum Gasteiger partial charge on any atom is -0.324 e. The third-order valence-electron chi connectivity index (χ3n) is 3.79. The van der Waals surface area contributed by atoms with E-state index in [9.17, 15) is 9.59 Å². The molecule has 6 heteroatoms. The second-order valence-corrected chi connectivity index (χ2v) is 7.80. The first kappa shape index (κ1) is 16.1. The summed E-state index contributed by atoms with van der Waals surface area (Å²) in [5.74, 6) is -0.549. The molecule has 23 heavy (non-hydrogen) atoms. The van der Waals surface area contributed by atoms with Crippen molar-refractivity contribution in [2.45, 2.75) is 16.6 Å². The maximum atomic E-state index is 12.7. The van der Waals surface area contributed by atoms with E-state index < -0.39 is 4.75 Å². The molecule has 1 N–H and O–H groups in total. The molecule has 2 aromatic rings. The summed E-state index contributed by atoms with van der Waals surface area (Å²) in [5.41, 5.74) is 1.49. The largest absolute Gasteiger partial charge is 0.324 e. The summed E-state index contributed by atoms with van der Waals surface area (Å²) in [4.78, 5) is 27.9. The number of hydrogen-bond acceptors (Lipinski definition) is 3. The van der Waals surface area contributed by atoms with E-state index in [1.54, 1.807) is 31.0 Å². The van der Waals surface area contributed by atoms with Crippen molar-refractivity contribution in [1.82, 2.24) is 0 Å². The van der Waals surface area contributed by atoms with E-state index in [0.29, 0.717) is 5.69 Å². The molecule has 0 saturated carbocycles. The molecule has 1 heterocycles. The van der Waals surface area contributed by atoms with E-state index in [2.05, 4.69) is 21.2 Å². The summed E-state index contributed by atoms with van der Waals surface area (Å²) in [5, 5.41) is 2.83. The van der Waals surface area contributed by atoms with Gasteiger partial charge in [0.05, 0.1) is 5.69 Å². The van der Waals surface area contributed by atoms with Gasteiger partial charge in [-0.1, -0.05) is 39.8 Å². The Morgan fingerprint density at radius 1 is 1.17 bits per heavy atom. The summed E-state index contributed by atoms with van der Waals surface area (Å²) in [6.45, 7) is 1.67. The van der Waals surface area contributed by atoms with Crippen LogP contribution in [0.25, 0.3) is 0 Å². The molecule has 0 spiro atoms. The van der Waals surface area contributed by atoms with Crippen LogP contribution >= 0.6 is 27.7 Å². The Morgan fingerprint density at radius 3 is 2.52 bits per heavy atom. The molecule has 4 nitrogen and oxygen atoms in total. The van der Waals surface area contributed by atoms with Gasteiger partial charge in [0, 0.05) is 22.1 Å². The van der Waals surface area contributed by atoms with E-state index >= 15 is 0 Å². The quantitative estimate of drug-likeness (QED) is 0.790. The number of nitrogens with one attached hydrogen (secondary N) is 1. The number of anilines is 2. The van der Waals surface area contributed by atoms with Crippen molar-refractivity contribution in [3.8, 4) is 0 Å². The standard InChI is InChI=1S/C17H15BrN2O2S/c1-17(15(21)19-12-9-7-11(18)8-10-12)16(22)20(2)13-5-3-4-6-14(13)23-17/h3-10H,1-2H3,(H,19,21). The van der Waals surface area contributed by atoms with Crippen molar-refractivity contribution >= 4 is 50.9 Å². The van der Waals surface area contributed by atoms with Crippen molar-refractivity contribution < 1.29 is 9.59 Å². The molecule has 1 aliphatic rings. The zero-order valence-electron chi connectivity index (χ0n) is 12.7. The molecule has 0 radical (unpaired) electrons. The number of para-hydroxylation sites is 1. The second kappa shape index (κ2) is 6.02. The van der Waals surface area contributed by atoms with Gasteiger partial charge >= 0.3 is 0 Å². The number of amides is 2. The average molecular weight is 391 g/mol. The maximum Gasteiger partial charge on any atom is 0.252 e. The van der Waals surface area contributed by atoms with E-state index in [1.165, 1.54) is 11.8 Å². The zero-order valence-corrected chi connectivity index (χ0v) is 15.1. The van der Waals surface area contributed by atoms with Crippen molar-refractivity contribution in [2.75, 3.05) is 17.3 Å². The molecule has 1 unspecified atom stereocenters. The summed E-state index contributed by atoms with van der Waals surface area (Å²) in [6, 6.07) is 14.9. The van der Waals surface area contributed by atoms with Gasteiger partial charge in [-0.05, 0) is 43.3 Å². The number of thioether (sulfide) groups is 1. The van der Waals surface area contributed by atoms with Gasteiger partial charge in [0.25, 0.3) is 5.91 Å². The van der Waals surface area contributed by atoms with Crippen molar-refractivity contribution in [2.24, 2.45) is 0 Å². The normalized spacial score (nSPS) is 20.1. The van der Waals surface area contributed by atoms with Crippen LogP contribution in [0.1, 0.15) is 6.92 Å². The Bertz CT molecular complexity index is 778. The zero-order chi connectivity index (χ0) is 16.6. The lowest BCUT2D eigenvalue weighted by molar-refractivity contribution is -0.128. The van der Waals surface area contributed by atoms with E-state index in [1.807, 2.05) is 36.4 Å². The molecule has 1 aliphatic heterocycles. The Balaban J connectivity index is 1.90. The van der Waals surface area contributed by atoms with Crippen LogP contribution in [0.5, 0.6) is 0 Å². The number of carbonyl (C=O) groups excluding carboxylic acids is 2. The first-order valence-corrected chi connectivity index (χ1v) is 8.66. The van der Waals surface area contributed by atoms with Crippen LogP contribution in [0.3, 0.4) is 0 Å². The van der Waals surface area contributed by atoms with E-state index in [0.717, 1.165) is 15.1 Å². The van der Waals surface area contributed by atoms with Crippen molar-refractivity contribution in [1.29, 1.82) is 0 Å². The Morgan fingerprint density at radius 2 is 1.83 bits per heavy atom. The van der Waals surface area contributed by atoms with Gasteiger partial charge in [0.1, 0.15) is 0 Å². The predicted molar refractivity (Wildman–Crippen MR) is 96.9 cm³/mol. The van der Waals surface area contributed by atoms with Crippen LogP contribution < -0.4 is 10.2 Å².